The van der Waals surface area contributed by atoms with Gasteiger partial charge in [0, 0.05) is 35.8 Å². The van der Waals surface area contributed by atoms with Crippen LogP contribution in [0.1, 0.15) is 47.5 Å². The molecule has 1 aromatic rings. The summed E-state index contributed by atoms with van der Waals surface area (Å²) in [7, 11) is 0. The number of benzene rings is 1. The first-order valence-corrected chi connectivity index (χ1v) is 15.5. The van der Waals surface area contributed by atoms with E-state index in [-0.39, 0.29) is 37.5 Å². The van der Waals surface area contributed by atoms with Gasteiger partial charge in [-0.15, -0.1) is 18.3 Å². The fourth-order valence-electron chi connectivity index (χ4n) is 7.24. The zero-order valence-corrected chi connectivity index (χ0v) is 25.9. The molecule has 2 unspecified atom stereocenters. The van der Waals surface area contributed by atoms with Crippen molar-refractivity contribution in [3.8, 4) is 0 Å². The monoisotopic (exact) mass is 583 g/mol. The molecule has 9 heteroatoms. The van der Waals surface area contributed by atoms with E-state index < -0.39 is 39.4 Å². The van der Waals surface area contributed by atoms with Crippen molar-refractivity contribution < 1.29 is 24.2 Å². The minimum Gasteiger partial charge on any atom is -0.461 e. The number of aliphatic hydroxyl groups excluding tert-OH is 1. The largest absolute Gasteiger partial charge is 0.461 e. The van der Waals surface area contributed by atoms with Crippen molar-refractivity contribution in [1.82, 2.24) is 4.90 Å². The van der Waals surface area contributed by atoms with E-state index in [1.807, 2.05) is 45.0 Å². The van der Waals surface area contributed by atoms with Gasteiger partial charge in [-0.25, -0.2) is 0 Å². The number of thioether (sulfide) groups is 1. The summed E-state index contributed by atoms with van der Waals surface area (Å²) in [5, 5.41) is 10.5. The van der Waals surface area contributed by atoms with Gasteiger partial charge in [0.2, 0.25) is 5.91 Å². The fraction of sp³-hybridized carbons (Fsp3) is 0.594. The van der Waals surface area contributed by atoms with Crippen molar-refractivity contribution in [1.29, 1.82) is 0 Å². The number of carbonyl (C=O) groups is 3. The zero-order valence-electron chi connectivity index (χ0n) is 25.0. The lowest BCUT2D eigenvalue weighted by Gasteiger charge is -2.40. The Kier molecular flexibility index (Phi) is 9.29. The quantitative estimate of drug-likeness (QED) is 0.274. The molecule has 0 saturated carbocycles. The second kappa shape index (κ2) is 12.2. The van der Waals surface area contributed by atoms with Gasteiger partial charge >= 0.3 is 5.97 Å². The maximum atomic E-state index is 14.8. The molecule has 3 fully saturated rings. The van der Waals surface area contributed by atoms with E-state index in [1.54, 1.807) is 27.6 Å². The maximum Gasteiger partial charge on any atom is 0.311 e. The molecule has 3 aliphatic heterocycles. The van der Waals surface area contributed by atoms with Gasteiger partial charge in [-0.3, -0.25) is 14.4 Å². The summed E-state index contributed by atoms with van der Waals surface area (Å²) in [6.45, 7) is 19.5. The predicted octanol–water partition coefficient (Wildman–Crippen LogP) is 4.28. The van der Waals surface area contributed by atoms with Crippen molar-refractivity contribution in [2.45, 2.75) is 69.0 Å². The van der Waals surface area contributed by atoms with Crippen LogP contribution in [0.15, 0.2) is 49.6 Å². The Hall–Kier alpha value is -2.78. The highest BCUT2D eigenvalue weighted by molar-refractivity contribution is 8.02. The first-order chi connectivity index (χ1) is 19.5. The van der Waals surface area contributed by atoms with Gasteiger partial charge in [-0.2, -0.15) is 0 Å². The topological polar surface area (TPSA) is 90.4 Å². The third-order valence-corrected chi connectivity index (χ3v) is 11.2. The number of fused-ring (bicyclic) bond motifs is 1. The predicted molar refractivity (Wildman–Crippen MR) is 165 cm³/mol. The van der Waals surface area contributed by atoms with Gasteiger partial charge in [0.1, 0.15) is 12.6 Å². The average molecular weight is 584 g/mol. The van der Waals surface area contributed by atoms with Gasteiger partial charge in [0.05, 0.1) is 29.2 Å². The summed E-state index contributed by atoms with van der Waals surface area (Å²) < 4.78 is 4.19. The van der Waals surface area contributed by atoms with Crippen molar-refractivity contribution in [2.24, 2.45) is 17.8 Å². The van der Waals surface area contributed by atoms with E-state index in [9.17, 15) is 19.5 Å². The summed E-state index contributed by atoms with van der Waals surface area (Å²) in [4.78, 5) is 48.2. The molecular weight excluding hydrogens is 538 g/mol. The third-order valence-electron chi connectivity index (χ3n) is 9.23. The highest BCUT2D eigenvalue weighted by atomic mass is 32.2. The van der Waals surface area contributed by atoms with Crippen LogP contribution >= 0.6 is 11.8 Å². The van der Waals surface area contributed by atoms with Crippen molar-refractivity contribution >= 4 is 40.9 Å². The van der Waals surface area contributed by atoms with Crippen LogP contribution in [0, 0.1) is 17.8 Å². The first-order valence-electron chi connectivity index (χ1n) is 14.7. The van der Waals surface area contributed by atoms with Gasteiger partial charge in [0.15, 0.2) is 0 Å². The second-order valence-corrected chi connectivity index (χ2v) is 13.7. The third kappa shape index (κ3) is 5.09. The molecule has 0 radical (unpaired) electrons. The molecule has 4 rings (SSSR count). The number of esters is 1. The molecule has 1 spiro atoms. The van der Waals surface area contributed by atoms with E-state index in [2.05, 4.69) is 31.9 Å². The number of likely N-dealkylation sites (tertiary alicyclic amines) is 1. The van der Waals surface area contributed by atoms with E-state index in [1.165, 1.54) is 6.08 Å². The van der Waals surface area contributed by atoms with Crippen LogP contribution in [0.3, 0.4) is 0 Å². The second-order valence-electron chi connectivity index (χ2n) is 11.8. The Labute approximate surface area is 248 Å². The molecule has 8 nitrogen and oxygen atoms in total. The standard InChI is InChI=1S/C32H45N3O5S/c1-8-18-34(23-14-12-22(13-15-23)33(10-3)11-4)29(38)27-32-17-16-31(7,41-32)26(30(39)40-19-9-2)25(32)28(37)35(27)24(20-36)21(5)6/h8-9,12-15,21,24-27,36H,1-2,10-11,16-20H2,3-7H3/t24-,25-,26+,27?,31-,32?/m0/s1. The molecule has 0 aromatic heterocycles. The Morgan fingerprint density at radius 1 is 1.15 bits per heavy atom. The number of rotatable bonds is 13. The van der Waals surface area contributed by atoms with E-state index >= 15 is 0 Å². The molecule has 3 aliphatic rings. The Balaban J connectivity index is 1.81. The molecule has 3 saturated heterocycles. The Morgan fingerprint density at radius 2 is 1.78 bits per heavy atom. The number of aliphatic hydroxyl groups is 1. The zero-order chi connectivity index (χ0) is 30.1. The normalized spacial score (nSPS) is 28.9. The molecule has 3 heterocycles. The first kappa shape index (κ1) is 31.2. The molecule has 0 aliphatic carbocycles. The number of carbonyl (C=O) groups excluding carboxylic acids is 3. The van der Waals surface area contributed by atoms with Crippen LogP contribution in [0.5, 0.6) is 0 Å². The van der Waals surface area contributed by atoms with Crippen LogP contribution < -0.4 is 9.80 Å². The molecule has 2 amide bonds. The molecule has 6 atom stereocenters. The number of anilines is 2. The lowest BCUT2D eigenvalue weighted by atomic mass is 9.66. The van der Waals surface area contributed by atoms with Gasteiger partial charge in [-0.05, 0) is 63.8 Å². The molecule has 1 aromatic carbocycles. The van der Waals surface area contributed by atoms with Gasteiger partial charge in [0.25, 0.3) is 5.91 Å². The Morgan fingerprint density at radius 3 is 2.32 bits per heavy atom. The molecule has 224 valence electrons. The van der Waals surface area contributed by atoms with Gasteiger partial charge in [-0.1, -0.05) is 32.6 Å². The average Bonchev–Trinajstić information content (AvgIpc) is 3.52. The number of hydrogen-bond acceptors (Lipinski definition) is 7. The minimum absolute atomic E-state index is 0.0674. The van der Waals surface area contributed by atoms with Crippen LogP contribution in [0.4, 0.5) is 11.4 Å². The van der Waals surface area contributed by atoms with Crippen LogP contribution in [-0.4, -0.2) is 82.2 Å². The molecular formula is C32H45N3O5S. The van der Waals surface area contributed by atoms with Crippen molar-refractivity contribution in [3.63, 3.8) is 0 Å². The maximum absolute atomic E-state index is 14.8. The fourth-order valence-corrected chi connectivity index (χ4v) is 9.57. The lowest BCUT2D eigenvalue weighted by molar-refractivity contribution is -0.155. The molecule has 41 heavy (non-hydrogen) atoms. The smallest absolute Gasteiger partial charge is 0.311 e. The minimum atomic E-state index is -0.842. The van der Waals surface area contributed by atoms with Gasteiger partial charge < -0.3 is 24.5 Å². The van der Waals surface area contributed by atoms with E-state index in [4.69, 9.17) is 4.74 Å². The lowest BCUT2D eigenvalue weighted by Crippen LogP contribution is -2.58. The summed E-state index contributed by atoms with van der Waals surface area (Å²) in [5.41, 5.74) is 1.79. The summed E-state index contributed by atoms with van der Waals surface area (Å²) >= 11 is 1.60. The van der Waals surface area contributed by atoms with Crippen LogP contribution in [0.25, 0.3) is 0 Å². The number of nitrogens with zero attached hydrogens (tertiary/aromatic N) is 3. The summed E-state index contributed by atoms with van der Waals surface area (Å²) in [5.74, 6) is -2.37. The number of amides is 2. The highest BCUT2D eigenvalue weighted by Crippen LogP contribution is 2.72. The van der Waals surface area contributed by atoms with Crippen molar-refractivity contribution in [3.05, 3.63) is 49.6 Å². The number of ether oxygens (including phenoxy) is 1. The summed E-state index contributed by atoms with van der Waals surface area (Å²) in [6, 6.07) is 6.49. The van der Waals surface area contributed by atoms with E-state index in [0.29, 0.717) is 18.5 Å². The van der Waals surface area contributed by atoms with Crippen LogP contribution in [0.2, 0.25) is 0 Å². The SMILES string of the molecule is C=CCOC(=O)[C@H]1[C@H]2C(=O)N([C@@H](CO)C(C)C)C(C(=O)N(CC=C)c3ccc(N(CC)CC)cc3)C23CC[C@]1(C)S3. The van der Waals surface area contributed by atoms with E-state index in [0.717, 1.165) is 18.8 Å². The Bertz CT molecular complexity index is 1170. The molecule has 2 bridgehead atoms. The number of hydrogen-bond donors (Lipinski definition) is 1. The van der Waals surface area contributed by atoms with Crippen molar-refractivity contribution in [2.75, 3.05) is 42.6 Å². The highest BCUT2D eigenvalue weighted by Gasteiger charge is 2.78. The van der Waals surface area contributed by atoms with Crippen LogP contribution in [-0.2, 0) is 19.1 Å². The molecule has 1 N–H and O–H groups in total. The summed E-state index contributed by atoms with van der Waals surface area (Å²) in [6.07, 6.45) is 4.53.